The van der Waals surface area contributed by atoms with Crippen LogP contribution in [-0.4, -0.2) is 9.97 Å². The van der Waals surface area contributed by atoms with E-state index in [9.17, 15) is 8.78 Å². The summed E-state index contributed by atoms with van der Waals surface area (Å²) in [5.74, 6) is -1.74. The summed E-state index contributed by atoms with van der Waals surface area (Å²) in [6, 6.07) is 5.42. The number of hydrogen-bond acceptors (Lipinski definition) is 3. The molecule has 0 amide bonds. The van der Waals surface area contributed by atoms with Gasteiger partial charge in [0.25, 0.3) is 0 Å². The Morgan fingerprint density at radius 3 is 2.74 bits per heavy atom. The van der Waals surface area contributed by atoms with E-state index in [1.165, 1.54) is 6.07 Å². The number of rotatable bonds is 4. The minimum atomic E-state index is -0.875. The lowest BCUT2D eigenvalue weighted by molar-refractivity contribution is 0.507. The van der Waals surface area contributed by atoms with Crippen LogP contribution in [0.3, 0.4) is 0 Å². The number of anilines is 1. The Balaban J connectivity index is 2.14. The third kappa shape index (κ3) is 3.23. The number of hydrogen-bond donors (Lipinski definition) is 2. The Hall–Kier alpha value is -2.08. The maximum atomic E-state index is 13.1. The Labute approximate surface area is 114 Å². The number of aromatic nitrogens is 1. The van der Waals surface area contributed by atoms with Crippen LogP contribution in [0.15, 0.2) is 36.7 Å². The molecule has 0 spiro atoms. The van der Waals surface area contributed by atoms with Crippen LogP contribution >= 0.6 is 12.2 Å². The van der Waals surface area contributed by atoms with Crippen molar-refractivity contribution in [2.24, 2.45) is 5.73 Å². The molecule has 0 saturated carbocycles. The smallest absolute Gasteiger partial charge is 0.159 e. The van der Waals surface area contributed by atoms with Crippen LogP contribution in [-0.2, 0) is 6.54 Å². The number of thiocarbonyl (C=S) groups is 1. The molecular formula is C13H11F2N3S. The van der Waals surface area contributed by atoms with E-state index in [1.807, 2.05) is 0 Å². The van der Waals surface area contributed by atoms with Crippen LogP contribution in [0.25, 0.3) is 0 Å². The number of nitrogens with zero attached hydrogens (tertiary/aromatic N) is 1. The fourth-order valence-corrected chi connectivity index (χ4v) is 1.78. The zero-order chi connectivity index (χ0) is 13.8. The van der Waals surface area contributed by atoms with Gasteiger partial charge < -0.3 is 11.1 Å². The predicted octanol–water partition coefficient (Wildman–Crippen LogP) is 2.61. The van der Waals surface area contributed by atoms with Crippen molar-refractivity contribution in [2.45, 2.75) is 6.54 Å². The van der Waals surface area contributed by atoms with Gasteiger partial charge in [0, 0.05) is 18.3 Å². The Kier molecular flexibility index (Phi) is 4.01. The fourth-order valence-electron chi connectivity index (χ4n) is 1.60. The van der Waals surface area contributed by atoms with E-state index in [1.54, 1.807) is 18.5 Å². The zero-order valence-electron chi connectivity index (χ0n) is 9.86. The van der Waals surface area contributed by atoms with Gasteiger partial charge in [0.05, 0.1) is 11.9 Å². The van der Waals surface area contributed by atoms with E-state index in [2.05, 4.69) is 10.3 Å². The molecule has 0 aliphatic rings. The summed E-state index contributed by atoms with van der Waals surface area (Å²) < 4.78 is 25.8. The standard InChI is InChI=1S/C13H11F2N3S/c14-10-2-1-8(5-11(10)15)6-18-12-7-17-4-3-9(12)13(16)19/h1-5,7,18H,6H2,(H2,16,19). The van der Waals surface area contributed by atoms with Crippen LogP contribution in [0.1, 0.15) is 11.1 Å². The van der Waals surface area contributed by atoms with Gasteiger partial charge in [-0.25, -0.2) is 8.78 Å². The molecule has 1 aromatic carbocycles. The number of pyridine rings is 1. The lowest BCUT2D eigenvalue weighted by Crippen LogP contribution is -2.13. The first-order chi connectivity index (χ1) is 9.08. The van der Waals surface area contributed by atoms with E-state index < -0.39 is 11.6 Å². The highest BCUT2D eigenvalue weighted by molar-refractivity contribution is 7.80. The highest BCUT2D eigenvalue weighted by Gasteiger charge is 2.06. The van der Waals surface area contributed by atoms with Gasteiger partial charge in [0.1, 0.15) is 4.99 Å². The quantitative estimate of drug-likeness (QED) is 0.845. The summed E-state index contributed by atoms with van der Waals surface area (Å²) in [6.07, 6.45) is 3.16. The molecule has 0 fully saturated rings. The average molecular weight is 279 g/mol. The molecule has 0 atom stereocenters. The highest BCUT2D eigenvalue weighted by Crippen LogP contribution is 2.15. The molecule has 2 rings (SSSR count). The number of nitrogens with one attached hydrogen (secondary N) is 1. The molecule has 0 aliphatic heterocycles. The molecular weight excluding hydrogens is 268 g/mol. The van der Waals surface area contributed by atoms with Crippen molar-refractivity contribution in [3.8, 4) is 0 Å². The minimum Gasteiger partial charge on any atom is -0.389 e. The third-order valence-electron chi connectivity index (χ3n) is 2.55. The van der Waals surface area contributed by atoms with E-state index in [4.69, 9.17) is 18.0 Å². The van der Waals surface area contributed by atoms with Crippen molar-refractivity contribution in [3.63, 3.8) is 0 Å². The van der Waals surface area contributed by atoms with Crippen LogP contribution < -0.4 is 11.1 Å². The van der Waals surface area contributed by atoms with Crippen LogP contribution in [0.2, 0.25) is 0 Å². The topological polar surface area (TPSA) is 50.9 Å². The summed E-state index contributed by atoms with van der Waals surface area (Å²) in [5.41, 5.74) is 7.50. The SMILES string of the molecule is NC(=S)c1ccncc1NCc1ccc(F)c(F)c1. The summed E-state index contributed by atoms with van der Waals surface area (Å²) in [4.78, 5) is 4.21. The number of halogens is 2. The van der Waals surface area contributed by atoms with Crippen molar-refractivity contribution in [1.29, 1.82) is 0 Å². The van der Waals surface area contributed by atoms with Gasteiger partial charge in [0.2, 0.25) is 0 Å². The van der Waals surface area contributed by atoms with Crippen molar-refractivity contribution < 1.29 is 8.78 Å². The molecule has 0 saturated heterocycles. The van der Waals surface area contributed by atoms with Gasteiger partial charge in [-0.05, 0) is 23.8 Å². The average Bonchev–Trinajstić information content (AvgIpc) is 2.40. The third-order valence-corrected chi connectivity index (χ3v) is 2.77. The molecule has 2 aromatic rings. The number of nitrogens with two attached hydrogens (primary N) is 1. The molecule has 0 radical (unpaired) electrons. The molecule has 6 heteroatoms. The van der Waals surface area contributed by atoms with Crippen LogP contribution in [0.5, 0.6) is 0 Å². The summed E-state index contributed by atoms with van der Waals surface area (Å²) >= 11 is 4.92. The molecule has 1 heterocycles. The zero-order valence-corrected chi connectivity index (χ0v) is 10.7. The lowest BCUT2D eigenvalue weighted by atomic mass is 10.2. The summed E-state index contributed by atoms with van der Waals surface area (Å²) in [7, 11) is 0. The molecule has 19 heavy (non-hydrogen) atoms. The van der Waals surface area contributed by atoms with Gasteiger partial charge in [-0.2, -0.15) is 0 Å². The molecule has 98 valence electrons. The van der Waals surface area contributed by atoms with E-state index in [0.29, 0.717) is 23.4 Å². The summed E-state index contributed by atoms with van der Waals surface area (Å²) in [6.45, 7) is 0.318. The second-order valence-corrected chi connectivity index (χ2v) is 4.33. The van der Waals surface area contributed by atoms with Crippen LogP contribution in [0, 0.1) is 11.6 Å². The maximum absolute atomic E-state index is 13.1. The molecule has 1 aromatic heterocycles. The molecule has 0 aliphatic carbocycles. The van der Waals surface area contributed by atoms with E-state index in [-0.39, 0.29) is 4.99 Å². The van der Waals surface area contributed by atoms with Gasteiger partial charge in [-0.1, -0.05) is 18.3 Å². The number of benzene rings is 1. The molecule has 3 nitrogen and oxygen atoms in total. The minimum absolute atomic E-state index is 0.246. The van der Waals surface area contributed by atoms with Crippen molar-refractivity contribution >= 4 is 22.9 Å². The van der Waals surface area contributed by atoms with E-state index >= 15 is 0 Å². The Morgan fingerprint density at radius 2 is 2.05 bits per heavy atom. The van der Waals surface area contributed by atoms with Gasteiger partial charge in [-0.3, -0.25) is 4.98 Å². The second kappa shape index (κ2) is 5.71. The van der Waals surface area contributed by atoms with E-state index in [0.717, 1.165) is 12.1 Å². The van der Waals surface area contributed by atoms with Crippen molar-refractivity contribution in [1.82, 2.24) is 4.98 Å². The van der Waals surface area contributed by atoms with Crippen molar-refractivity contribution in [3.05, 3.63) is 59.4 Å². The molecule has 0 unspecified atom stereocenters. The largest absolute Gasteiger partial charge is 0.389 e. The molecule has 0 bridgehead atoms. The van der Waals surface area contributed by atoms with Gasteiger partial charge in [0.15, 0.2) is 11.6 Å². The normalized spacial score (nSPS) is 10.2. The Bertz CT molecular complexity index is 617. The monoisotopic (exact) mass is 279 g/mol. The maximum Gasteiger partial charge on any atom is 0.159 e. The lowest BCUT2D eigenvalue weighted by Gasteiger charge is -2.10. The molecule has 3 N–H and O–H groups in total. The van der Waals surface area contributed by atoms with Crippen LogP contribution in [0.4, 0.5) is 14.5 Å². The second-order valence-electron chi connectivity index (χ2n) is 3.89. The first-order valence-electron chi connectivity index (χ1n) is 5.49. The Morgan fingerprint density at radius 1 is 1.26 bits per heavy atom. The fraction of sp³-hybridized carbons (Fsp3) is 0.0769. The highest BCUT2D eigenvalue weighted by atomic mass is 32.1. The van der Waals surface area contributed by atoms with Gasteiger partial charge in [-0.15, -0.1) is 0 Å². The first-order valence-corrected chi connectivity index (χ1v) is 5.90. The first kappa shape index (κ1) is 13.4. The predicted molar refractivity (Wildman–Crippen MR) is 73.8 cm³/mol. The summed E-state index contributed by atoms with van der Waals surface area (Å²) in [5, 5.41) is 3.04. The van der Waals surface area contributed by atoms with Crippen molar-refractivity contribution in [2.75, 3.05) is 5.32 Å². The van der Waals surface area contributed by atoms with Gasteiger partial charge >= 0.3 is 0 Å².